The number of nitrogens with zero attached hydrogens (tertiary/aromatic N) is 1. The van der Waals surface area contributed by atoms with E-state index in [-0.39, 0.29) is 17.7 Å². The van der Waals surface area contributed by atoms with E-state index in [4.69, 9.17) is 0 Å². The van der Waals surface area contributed by atoms with E-state index >= 15 is 0 Å². The number of likely N-dealkylation sites (tertiary alicyclic amines) is 1. The van der Waals surface area contributed by atoms with Gasteiger partial charge < -0.3 is 10.2 Å². The molecule has 0 unspecified atom stereocenters. The molecule has 4 heteroatoms. The third-order valence-corrected chi connectivity index (χ3v) is 6.51. The number of nitrogens with one attached hydrogen (secondary N) is 1. The second-order valence-electron chi connectivity index (χ2n) is 8.93. The number of benzene rings is 3. The topological polar surface area (TPSA) is 49.4 Å². The Labute approximate surface area is 196 Å². The Morgan fingerprint density at radius 3 is 2.39 bits per heavy atom. The number of hydrogen-bond donors (Lipinski definition) is 1. The minimum absolute atomic E-state index is 0.0696. The number of rotatable bonds is 6. The van der Waals surface area contributed by atoms with Gasteiger partial charge in [-0.15, -0.1) is 0 Å². The van der Waals surface area contributed by atoms with Crippen molar-refractivity contribution in [3.05, 3.63) is 106 Å². The zero-order chi connectivity index (χ0) is 23.2. The van der Waals surface area contributed by atoms with Gasteiger partial charge in [0, 0.05) is 36.7 Å². The van der Waals surface area contributed by atoms with E-state index in [0.717, 1.165) is 48.1 Å². The van der Waals surface area contributed by atoms with Crippen molar-refractivity contribution in [2.24, 2.45) is 0 Å². The van der Waals surface area contributed by atoms with Gasteiger partial charge in [-0.3, -0.25) is 9.59 Å². The molecule has 0 aromatic heterocycles. The van der Waals surface area contributed by atoms with Crippen molar-refractivity contribution >= 4 is 11.8 Å². The average Bonchev–Trinajstić information content (AvgIpc) is 2.87. The summed E-state index contributed by atoms with van der Waals surface area (Å²) >= 11 is 0. The van der Waals surface area contributed by atoms with Gasteiger partial charge in [-0.05, 0) is 67.1 Å². The lowest BCUT2D eigenvalue weighted by Crippen LogP contribution is -2.39. The van der Waals surface area contributed by atoms with Crippen molar-refractivity contribution in [1.29, 1.82) is 0 Å². The van der Waals surface area contributed by atoms with E-state index in [2.05, 4.69) is 42.6 Å². The normalized spacial score (nSPS) is 15.8. The molecule has 1 saturated heterocycles. The molecule has 0 radical (unpaired) electrons. The number of amides is 2. The Hall–Kier alpha value is -3.40. The minimum atomic E-state index is -0.0696. The fourth-order valence-corrected chi connectivity index (χ4v) is 4.42. The summed E-state index contributed by atoms with van der Waals surface area (Å²) in [5.41, 5.74) is 6.06. The first-order valence-corrected chi connectivity index (χ1v) is 11.9. The van der Waals surface area contributed by atoms with Crippen LogP contribution in [0.15, 0.2) is 72.8 Å². The van der Waals surface area contributed by atoms with Crippen LogP contribution in [0.5, 0.6) is 0 Å². The fourth-order valence-electron chi connectivity index (χ4n) is 4.42. The van der Waals surface area contributed by atoms with Gasteiger partial charge >= 0.3 is 0 Å². The molecule has 0 bridgehead atoms. The predicted octanol–water partition coefficient (Wildman–Crippen LogP) is 5.51. The van der Waals surface area contributed by atoms with E-state index in [1.54, 1.807) is 0 Å². The highest BCUT2D eigenvalue weighted by Gasteiger charge is 2.26. The predicted molar refractivity (Wildman–Crippen MR) is 132 cm³/mol. The summed E-state index contributed by atoms with van der Waals surface area (Å²) in [6, 6.07) is 24.0. The van der Waals surface area contributed by atoms with Crippen molar-refractivity contribution in [2.45, 2.75) is 45.6 Å². The lowest BCUT2D eigenvalue weighted by molar-refractivity contribution is 0.0706. The van der Waals surface area contributed by atoms with Crippen LogP contribution in [0.3, 0.4) is 0 Å². The zero-order valence-electron chi connectivity index (χ0n) is 19.5. The van der Waals surface area contributed by atoms with Gasteiger partial charge in [0.25, 0.3) is 11.8 Å². The van der Waals surface area contributed by atoms with E-state index in [0.29, 0.717) is 18.7 Å². The van der Waals surface area contributed by atoms with Gasteiger partial charge in [-0.25, -0.2) is 0 Å². The molecule has 3 aromatic rings. The summed E-state index contributed by atoms with van der Waals surface area (Å²) < 4.78 is 0. The molecule has 0 saturated carbocycles. The van der Waals surface area contributed by atoms with Crippen LogP contribution in [0.25, 0.3) is 0 Å². The van der Waals surface area contributed by atoms with Crippen LogP contribution in [0, 0.1) is 6.92 Å². The fraction of sp³-hybridized carbons (Fsp3) is 0.310. The number of piperidine rings is 1. The highest BCUT2D eigenvalue weighted by Crippen LogP contribution is 2.28. The Morgan fingerprint density at radius 1 is 0.939 bits per heavy atom. The van der Waals surface area contributed by atoms with E-state index in [9.17, 15) is 9.59 Å². The second kappa shape index (κ2) is 10.5. The molecule has 2 amide bonds. The highest BCUT2D eigenvalue weighted by atomic mass is 16.2. The van der Waals surface area contributed by atoms with Gasteiger partial charge in [-0.1, -0.05) is 61.0 Å². The van der Waals surface area contributed by atoms with Gasteiger partial charge in [0.15, 0.2) is 0 Å². The number of carbonyl (C=O) groups excluding carboxylic acids is 2. The zero-order valence-corrected chi connectivity index (χ0v) is 19.5. The molecule has 4 nitrogen and oxygen atoms in total. The molecular formula is C29H32N2O2. The number of hydrogen-bond acceptors (Lipinski definition) is 2. The molecular weight excluding hydrogens is 408 g/mol. The third-order valence-electron chi connectivity index (χ3n) is 6.51. The monoisotopic (exact) mass is 440 g/mol. The molecule has 1 aliphatic heterocycles. The van der Waals surface area contributed by atoms with E-state index < -0.39 is 0 Å². The van der Waals surface area contributed by atoms with E-state index in [1.165, 1.54) is 5.56 Å². The van der Waals surface area contributed by atoms with Crippen molar-refractivity contribution in [2.75, 3.05) is 13.1 Å². The van der Waals surface area contributed by atoms with E-state index in [1.807, 2.05) is 54.3 Å². The van der Waals surface area contributed by atoms with Gasteiger partial charge in [-0.2, -0.15) is 0 Å². The number of carbonyl (C=O) groups is 2. The summed E-state index contributed by atoms with van der Waals surface area (Å²) in [6.45, 7) is 6.13. The van der Waals surface area contributed by atoms with Crippen LogP contribution in [-0.4, -0.2) is 29.8 Å². The van der Waals surface area contributed by atoms with Crippen LogP contribution >= 0.6 is 0 Å². The average molecular weight is 441 g/mol. The second-order valence-corrected chi connectivity index (χ2v) is 8.93. The van der Waals surface area contributed by atoms with Crippen molar-refractivity contribution in [1.82, 2.24) is 10.2 Å². The van der Waals surface area contributed by atoms with Crippen LogP contribution < -0.4 is 5.32 Å². The molecule has 0 spiro atoms. The van der Waals surface area contributed by atoms with Crippen molar-refractivity contribution in [3.63, 3.8) is 0 Å². The maximum absolute atomic E-state index is 13.0. The summed E-state index contributed by atoms with van der Waals surface area (Å²) in [6.07, 6.45) is 2.99. The Balaban J connectivity index is 1.40. The van der Waals surface area contributed by atoms with Gasteiger partial charge in [0.05, 0.1) is 0 Å². The summed E-state index contributed by atoms with van der Waals surface area (Å²) in [4.78, 5) is 27.7. The molecule has 33 heavy (non-hydrogen) atoms. The summed E-state index contributed by atoms with van der Waals surface area (Å²) in [5, 5.41) is 3.03. The largest absolute Gasteiger partial charge is 0.348 e. The maximum Gasteiger partial charge on any atom is 0.253 e. The molecule has 1 fully saturated rings. The molecule has 1 atom stereocenters. The quantitative estimate of drug-likeness (QED) is 0.550. The summed E-state index contributed by atoms with van der Waals surface area (Å²) in [5.74, 6) is 0.255. The standard InChI is InChI=1S/C29H32N2O2/c1-3-22-11-13-23(14-12-22)19-30-28(32)26-7-4-6-25(18-26)27-8-5-17-31(20-27)29(33)24-15-9-21(2)10-16-24/h4,6-7,9-16,18,27H,3,5,8,17,19-20H2,1-2H3,(H,30,32)/t27-/m1/s1. The Kier molecular flexibility index (Phi) is 7.23. The lowest BCUT2D eigenvalue weighted by Gasteiger charge is -2.33. The number of aryl methyl sites for hydroxylation is 2. The molecule has 170 valence electrons. The third kappa shape index (κ3) is 5.70. The molecule has 4 rings (SSSR count). The van der Waals surface area contributed by atoms with Gasteiger partial charge in [0.2, 0.25) is 0 Å². The first-order chi connectivity index (χ1) is 16.0. The molecule has 1 aliphatic rings. The molecule has 1 heterocycles. The molecule has 3 aromatic carbocycles. The van der Waals surface area contributed by atoms with Crippen LogP contribution in [0.2, 0.25) is 0 Å². The highest BCUT2D eigenvalue weighted by molar-refractivity contribution is 5.95. The molecule has 0 aliphatic carbocycles. The lowest BCUT2D eigenvalue weighted by atomic mass is 9.89. The van der Waals surface area contributed by atoms with Crippen molar-refractivity contribution in [3.8, 4) is 0 Å². The van der Waals surface area contributed by atoms with Crippen LogP contribution in [-0.2, 0) is 13.0 Å². The maximum atomic E-state index is 13.0. The Bertz CT molecular complexity index is 1100. The van der Waals surface area contributed by atoms with Crippen molar-refractivity contribution < 1.29 is 9.59 Å². The van der Waals surface area contributed by atoms with Gasteiger partial charge in [0.1, 0.15) is 0 Å². The minimum Gasteiger partial charge on any atom is -0.348 e. The molecule has 1 N–H and O–H groups in total. The Morgan fingerprint density at radius 2 is 1.67 bits per heavy atom. The van der Waals surface area contributed by atoms with Crippen LogP contribution in [0.1, 0.15) is 68.7 Å². The first kappa shape index (κ1) is 22.8. The first-order valence-electron chi connectivity index (χ1n) is 11.9. The van der Waals surface area contributed by atoms with Crippen LogP contribution in [0.4, 0.5) is 0 Å². The SMILES string of the molecule is CCc1ccc(CNC(=O)c2cccc([C@@H]3CCCN(C(=O)c4ccc(C)cc4)C3)c2)cc1. The summed E-state index contributed by atoms with van der Waals surface area (Å²) in [7, 11) is 0. The smallest absolute Gasteiger partial charge is 0.253 e.